The highest BCUT2D eigenvalue weighted by Gasteiger charge is 2.55. The number of para-hydroxylation sites is 1. The van der Waals surface area contributed by atoms with Gasteiger partial charge >= 0.3 is 0 Å². The van der Waals surface area contributed by atoms with Crippen LogP contribution in [-0.2, 0) is 14.5 Å². The van der Waals surface area contributed by atoms with Crippen molar-refractivity contribution >= 4 is 34.3 Å². The van der Waals surface area contributed by atoms with E-state index in [0.717, 1.165) is 21.9 Å². The Morgan fingerprint density at radius 3 is 2.50 bits per heavy atom. The predicted molar refractivity (Wildman–Crippen MR) is 112 cm³/mol. The SMILES string of the molecule is CCN(CC)C(=O)CN1C(=O)C2(NN=C(c3ccccc3)S2)c2ccccc21. The number of likely N-dealkylation sites (N-methyl/N-ethyl adjacent to an activating group) is 1. The van der Waals surface area contributed by atoms with Crippen molar-refractivity contribution in [2.24, 2.45) is 5.10 Å². The summed E-state index contributed by atoms with van der Waals surface area (Å²) in [7, 11) is 0. The normalized spacial score (nSPS) is 20.1. The molecule has 1 atom stereocenters. The highest BCUT2D eigenvalue weighted by molar-refractivity contribution is 8.16. The van der Waals surface area contributed by atoms with Crippen LogP contribution in [0.1, 0.15) is 25.0 Å². The Hall–Kier alpha value is -2.80. The molecule has 1 spiro atoms. The number of anilines is 1. The number of amides is 2. The Morgan fingerprint density at radius 1 is 1.11 bits per heavy atom. The maximum atomic E-state index is 13.5. The van der Waals surface area contributed by atoms with Crippen molar-refractivity contribution in [2.45, 2.75) is 18.7 Å². The summed E-state index contributed by atoms with van der Waals surface area (Å²) in [6.45, 7) is 5.16. The van der Waals surface area contributed by atoms with E-state index in [9.17, 15) is 9.59 Å². The summed E-state index contributed by atoms with van der Waals surface area (Å²) in [5, 5.41) is 5.22. The second-order valence-corrected chi connectivity index (χ2v) is 7.86. The van der Waals surface area contributed by atoms with Crippen LogP contribution >= 0.6 is 11.8 Å². The zero-order chi connectivity index (χ0) is 19.7. The molecular formula is C21H22N4O2S. The molecule has 0 saturated carbocycles. The fourth-order valence-corrected chi connectivity index (χ4v) is 4.83. The molecule has 2 aromatic rings. The molecule has 0 bridgehead atoms. The van der Waals surface area contributed by atoms with Crippen LogP contribution in [-0.4, -0.2) is 41.4 Å². The summed E-state index contributed by atoms with van der Waals surface area (Å²) >= 11 is 1.40. The van der Waals surface area contributed by atoms with Crippen LogP contribution in [0.5, 0.6) is 0 Å². The minimum absolute atomic E-state index is 0.0299. The average Bonchev–Trinajstić information content (AvgIpc) is 3.27. The Labute approximate surface area is 168 Å². The van der Waals surface area contributed by atoms with Gasteiger partial charge in [0.15, 0.2) is 0 Å². The third-order valence-electron chi connectivity index (χ3n) is 5.12. The zero-order valence-electron chi connectivity index (χ0n) is 15.9. The maximum Gasteiger partial charge on any atom is 0.270 e. The van der Waals surface area contributed by atoms with Crippen molar-refractivity contribution in [1.82, 2.24) is 10.3 Å². The lowest BCUT2D eigenvalue weighted by Gasteiger charge is -2.25. The third-order valence-corrected chi connectivity index (χ3v) is 6.43. The van der Waals surface area contributed by atoms with Gasteiger partial charge < -0.3 is 4.90 Å². The number of fused-ring (bicyclic) bond motifs is 2. The van der Waals surface area contributed by atoms with E-state index in [2.05, 4.69) is 10.5 Å². The van der Waals surface area contributed by atoms with Crippen LogP contribution in [0.4, 0.5) is 5.69 Å². The summed E-state index contributed by atoms with van der Waals surface area (Å²) in [6, 6.07) is 17.4. The van der Waals surface area contributed by atoms with Gasteiger partial charge in [0.2, 0.25) is 10.8 Å². The number of nitrogens with zero attached hydrogens (tertiary/aromatic N) is 3. The van der Waals surface area contributed by atoms with Crippen molar-refractivity contribution in [1.29, 1.82) is 0 Å². The highest BCUT2D eigenvalue weighted by Crippen LogP contribution is 2.50. The van der Waals surface area contributed by atoms with E-state index in [1.165, 1.54) is 11.8 Å². The summed E-state index contributed by atoms with van der Waals surface area (Å²) < 4.78 is 0. The van der Waals surface area contributed by atoms with E-state index in [1.807, 2.05) is 68.4 Å². The number of nitrogens with one attached hydrogen (secondary N) is 1. The Morgan fingerprint density at radius 2 is 1.79 bits per heavy atom. The highest BCUT2D eigenvalue weighted by atomic mass is 32.2. The van der Waals surface area contributed by atoms with E-state index >= 15 is 0 Å². The molecule has 4 rings (SSSR count). The van der Waals surface area contributed by atoms with Crippen LogP contribution in [0.2, 0.25) is 0 Å². The maximum absolute atomic E-state index is 13.5. The molecule has 0 aromatic heterocycles. The van der Waals surface area contributed by atoms with Gasteiger partial charge in [0.05, 0.1) is 5.69 Å². The molecule has 0 fully saturated rings. The number of hydrogen-bond acceptors (Lipinski definition) is 5. The van der Waals surface area contributed by atoms with Gasteiger partial charge in [-0.05, 0) is 19.9 Å². The first-order valence-corrected chi connectivity index (χ1v) is 10.2. The van der Waals surface area contributed by atoms with E-state index in [1.54, 1.807) is 9.80 Å². The molecular weight excluding hydrogens is 372 g/mol. The standard InChI is InChI=1S/C21H22N4O2S/c1-3-24(4-2)18(26)14-25-17-13-9-8-12-16(17)21(20(25)27)23-22-19(28-21)15-10-6-5-7-11-15/h5-13,23H,3-4,14H2,1-2H3. The number of thioether (sulfide) groups is 1. The molecule has 28 heavy (non-hydrogen) atoms. The molecule has 0 aliphatic carbocycles. The summed E-state index contributed by atoms with van der Waals surface area (Å²) in [4.78, 5) is 28.5. The molecule has 2 aliphatic heterocycles. The average molecular weight is 395 g/mol. The lowest BCUT2D eigenvalue weighted by atomic mass is 10.1. The van der Waals surface area contributed by atoms with Crippen LogP contribution in [0.3, 0.4) is 0 Å². The number of hydrazone groups is 1. The van der Waals surface area contributed by atoms with Gasteiger partial charge in [-0.15, -0.1) is 0 Å². The van der Waals surface area contributed by atoms with Crippen LogP contribution < -0.4 is 10.3 Å². The lowest BCUT2D eigenvalue weighted by molar-refractivity contribution is -0.131. The molecule has 1 unspecified atom stereocenters. The number of carbonyl (C=O) groups excluding carboxylic acids is 2. The first kappa shape index (κ1) is 18.6. The van der Waals surface area contributed by atoms with Crippen molar-refractivity contribution < 1.29 is 9.59 Å². The third kappa shape index (κ3) is 2.86. The van der Waals surface area contributed by atoms with Gasteiger partial charge in [-0.3, -0.25) is 19.9 Å². The van der Waals surface area contributed by atoms with Gasteiger partial charge in [-0.25, -0.2) is 0 Å². The van der Waals surface area contributed by atoms with Crippen LogP contribution in [0.25, 0.3) is 0 Å². The minimum Gasteiger partial charge on any atom is -0.342 e. The summed E-state index contributed by atoms with van der Waals surface area (Å²) in [5.41, 5.74) is 5.64. The van der Waals surface area contributed by atoms with Crippen molar-refractivity contribution in [2.75, 3.05) is 24.5 Å². The summed E-state index contributed by atoms with van der Waals surface area (Å²) in [5.74, 6) is -0.216. The van der Waals surface area contributed by atoms with E-state index in [0.29, 0.717) is 13.1 Å². The molecule has 2 aromatic carbocycles. The zero-order valence-corrected chi connectivity index (χ0v) is 16.7. The molecule has 1 N–H and O–H groups in total. The van der Waals surface area contributed by atoms with Crippen molar-refractivity contribution in [3.05, 3.63) is 65.7 Å². The van der Waals surface area contributed by atoms with Gasteiger partial charge in [0, 0.05) is 24.2 Å². The van der Waals surface area contributed by atoms with E-state index < -0.39 is 4.87 Å². The predicted octanol–water partition coefficient (Wildman–Crippen LogP) is 2.75. The van der Waals surface area contributed by atoms with Crippen molar-refractivity contribution in [3.8, 4) is 0 Å². The molecule has 144 valence electrons. The van der Waals surface area contributed by atoms with Gasteiger partial charge in [0.25, 0.3) is 5.91 Å². The molecule has 6 nitrogen and oxygen atoms in total. The fourth-order valence-electron chi connectivity index (χ4n) is 3.62. The Bertz CT molecular complexity index is 942. The van der Waals surface area contributed by atoms with E-state index in [4.69, 9.17) is 0 Å². The second-order valence-electron chi connectivity index (χ2n) is 6.65. The monoisotopic (exact) mass is 394 g/mol. The molecule has 2 amide bonds. The largest absolute Gasteiger partial charge is 0.342 e. The first-order chi connectivity index (χ1) is 13.6. The van der Waals surface area contributed by atoms with Gasteiger partial charge in [0.1, 0.15) is 11.6 Å². The Kier molecular flexibility index (Phi) is 4.85. The number of carbonyl (C=O) groups is 2. The first-order valence-electron chi connectivity index (χ1n) is 9.39. The number of rotatable bonds is 5. The van der Waals surface area contributed by atoms with Gasteiger partial charge in [-0.2, -0.15) is 5.10 Å². The molecule has 0 radical (unpaired) electrons. The fraction of sp³-hybridized carbons (Fsp3) is 0.286. The van der Waals surface area contributed by atoms with Crippen LogP contribution in [0.15, 0.2) is 59.7 Å². The lowest BCUT2D eigenvalue weighted by Crippen LogP contribution is -2.48. The van der Waals surface area contributed by atoms with E-state index in [-0.39, 0.29) is 18.4 Å². The molecule has 2 heterocycles. The topological polar surface area (TPSA) is 65.0 Å². The second kappa shape index (κ2) is 7.31. The molecule has 2 aliphatic rings. The number of benzene rings is 2. The van der Waals surface area contributed by atoms with Gasteiger partial charge in [-0.1, -0.05) is 60.3 Å². The van der Waals surface area contributed by atoms with Crippen LogP contribution in [0, 0.1) is 0 Å². The summed E-state index contributed by atoms with van der Waals surface area (Å²) in [6.07, 6.45) is 0. The van der Waals surface area contributed by atoms with Crippen molar-refractivity contribution in [3.63, 3.8) is 0 Å². The smallest absolute Gasteiger partial charge is 0.270 e. The quantitative estimate of drug-likeness (QED) is 0.847. The molecule has 0 saturated heterocycles. The number of hydrogen-bond donors (Lipinski definition) is 1. The Balaban J connectivity index is 1.66. The minimum atomic E-state index is -1.02. The molecule has 7 heteroatoms.